The van der Waals surface area contributed by atoms with Gasteiger partial charge in [-0.3, -0.25) is 4.79 Å². The summed E-state index contributed by atoms with van der Waals surface area (Å²) in [4.78, 5) is 18.9. The van der Waals surface area contributed by atoms with Crippen molar-refractivity contribution < 1.29 is 9.90 Å². The Balaban J connectivity index is 1.62. The van der Waals surface area contributed by atoms with Crippen molar-refractivity contribution in [3.63, 3.8) is 0 Å². The highest BCUT2D eigenvalue weighted by atomic mass is 16.3. The lowest BCUT2D eigenvalue weighted by atomic mass is 9.85. The standard InChI is InChI=1S/C19H28N4O2/c1-2-20-19(23-10-9-17(24)13-23)21-12-14-5-3-8-16(11-14)22-18(25)15-6-4-7-15/h3,5,8,11,15,17,24H,2,4,6-7,9-10,12-13H2,1H3,(H,20,21)(H,22,25)/t17-/m1/s1. The van der Waals surface area contributed by atoms with Gasteiger partial charge in [0.1, 0.15) is 0 Å². The second-order valence-electron chi connectivity index (χ2n) is 6.88. The minimum absolute atomic E-state index is 0.131. The van der Waals surface area contributed by atoms with Gasteiger partial charge in [-0.2, -0.15) is 0 Å². The fraction of sp³-hybridized carbons (Fsp3) is 0.579. The zero-order valence-corrected chi connectivity index (χ0v) is 14.9. The van der Waals surface area contributed by atoms with Crippen LogP contribution in [0.3, 0.4) is 0 Å². The number of β-amino-alcohol motifs (C(OH)–C–C–N with tert-alkyl or cyclic N) is 1. The molecule has 2 aliphatic rings. The molecule has 1 aliphatic heterocycles. The van der Waals surface area contributed by atoms with E-state index in [1.54, 1.807) is 0 Å². The summed E-state index contributed by atoms with van der Waals surface area (Å²) >= 11 is 0. The molecule has 0 spiro atoms. The Morgan fingerprint density at radius 2 is 2.20 bits per heavy atom. The number of carbonyl (C=O) groups is 1. The van der Waals surface area contributed by atoms with E-state index in [2.05, 4.69) is 15.5 Å². The summed E-state index contributed by atoms with van der Waals surface area (Å²) in [6.45, 7) is 4.83. The third-order valence-corrected chi connectivity index (χ3v) is 4.88. The first kappa shape index (κ1) is 17.7. The summed E-state index contributed by atoms with van der Waals surface area (Å²) in [7, 11) is 0. The number of benzene rings is 1. The first-order chi connectivity index (χ1) is 12.2. The van der Waals surface area contributed by atoms with E-state index in [0.717, 1.165) is 56.0 Å². The average Bonchev–Trinajstić information content (AvgIpc) is 2.96. The molecule has 1 aromatic rings. The van der Waals surface area contributed by atoms with Crippen LogP contribution in [0.2, 0.25) is 0 Å². The lowest BCUT2D eigenvalue weighted by Crippen LogP contribution is -2.40. The van der Waals surface area contributed by atoms with Crippen molar-refractivity contribution in [3.05, 3.63) is 29.8 Å². The SMILES string of the molecule is CCNC(=NCc1cccc(NC(=O)C2CCC2)c1)N1CC[C@@H](O)C1. The molecule has 3 rings (SSSR count). The first-order valence-corrected chi connectivity index (χ1v) is 9.27. The van der Waals surface area contributed by atoms with Gasteiger partial charge in [-0.1, -0.05) is 18.6 Å². The summed E-state index contributed by atoms with van der Waals surface area (Å²) in [6.07, 6.45) is 3.68. The second kappa shape index (κ2) is 8.34. The maximum atomic E-state index is 12.1. The Morgan fingerprint density at radius 3 is 2.84 bits per heavy atom. The van der Waals surface area contributed by atoms with E-state index in [1.165, 1.54) is 0 Å². The van der Waals surface area contributed by atoms with Gasteiger partial charge in [-0.25, -0.2) is 4.99 Å². The quantitative estimate of drug-likeness (QED) is 0.564. The van der Waals surface area contributed by atoms with Crippen molar-refractivity contribution in [1.29, 1.82) is 0 Å². The van der Waals surface area contributed by atoms with Crippen LogP contribution in [0.1, 0.15) is 38.2 Å². The Hall–Kier alpha value is -2.08. The smallest absolute Gasteiger partial charge is 0.227 e. The first-order valence-electron chi connectivity index (χ1n) is 9.27. The molecule has 1 saturated carbocycles. The molecule has 1 amide bonds. The van der Waals surface area contributed by atoms with Gasteiger partial charge in [0.05, 0.1) is 12.6 Å². The third-order valence-electron chi connectivity index (χ3n) is 4.88. The van der Waals surface area contributed by atoms with Gasteiger partial charge >= 0.3 is 0 Å². The molecule has 1 aromatic carbocycles. The highest BCUT2D eigenvalue weighted by molar-refractivity contribution is 5.93. The van der Waals surface area contributed by atoms with Crippen molar-refractivity contribution in [2.75, 3.05) is 25.0 Å². The van der Waals surface area contributed by atoms with Gasteiger partial charge in [0.2, 0.25) is 5.91 Å². The Labute approximate surface area is 149 Å². The topological polar surface area (TPSA) is 77.0 Å². The summed E-state index contributed by atoms with van der Waals surface area (Å²) in [5.41, 5.74) is 1.90. The number of hydrogen-bond donors (Lipinski definition) is 3. The second-order valence-corrected chi connectivity index (χ2v) is 6.88. The zero-order valence-electron chi connectivity index (χ0n) is 14.9. The molecule has 2 fully saturated rings. The predicted molar refractivity (Wildman–Crippen MR) is 99.4 cm³/mol. The number of anilines is 1. The van der Waals surface area contributed by atoms with Crippen LogP contribution < -0.4 is 10.6 Å². The Bertz CT molecular complexity index is 628. The van der Waals surface area contributed by atoms with Crippen molar-refractivity contribution in [2.24, 2.45) is 10.9 Å². The maximum Gasteiger partial charge on any atom is 0.227 e. The summed E-state index contributed by atoms with van der Waals surface area (Å²) < 4.78 is 0. The van der Waals surface area contributed by atoms with Crippen molar-refractivity contribution in [3.8, 4) is 0 Å². The molecule has 0 bridgehead atoms. The number of rotatable bonds is 5. The van der Waals surface area contributed by atoms with Gasteiger partial charge in [-0.05, 0) is 43.9 Å². The molecular formula is C19H28N4O2. The number of guanidine groups is 1. The number of carbonyl (C=O) groups excluding carboxylic acids is 1. The lowest BCUT2D eigenvalue weighted by Gasteiger charge is -2.24. The Morgan fingerprint density at radius 1 is 1.36 bits per heavy atom. The molecular weight excluding hydrogens is 316 g/mol. The average molecular weight is 344 g/mol. The zero-order chi connectivity index (χ0) is 17.6. The van der Waals surface area contributed by atoms with Gasteiger partial charge < -0.3 is 20.6 Å². The van der Waals surface area contributed by atoms with E-state index in [1.807, 2.05) is 31.2 Å². The minimum atomic E-state index is -0.270. The molecule has 3 N–H and O–H groups in total. The molecule has 25 heavy (non-hydrogen) atoms. The van der Waals surface area contributed by atoms with E-state index in [0.29, 0.717) is 13.1 Å². The van der Waals surface area contributed by atoms with E-state index in [-0.39, 0.29) is 17.9 Å². The number of aliphatic hydroxyl groups excluding tert-OH is 1. The number of nitrogens with one attached hydrogen (secondary N) is 2. The van der Waals surface area contributed by atoms with Crippen LogP contribution in [0, 0.1) is 5.92 Å². The molecule has 1 heterocycles. The molecule has 1 aliphatic carbocycles. The fourth-order valence-electron chi connectivity index (χ4n) is 3.19. The molecule has 136 valence electrons. The number of hydrogen-bond acceptors (Lipinski definition) is 3. The maximum absolute atomic E-state index is 12.1. The molecule has 1 atom stereocenters. The minimum Gasteiger partial charge on any atom is -0.391 e. The molecule has 0 unspecified atom stereocenters. The van der Waals surface area contributed by atoms with Crippen molar-refractivity contribution in [2.45, 2.75) is 45.3 Å². The number of likely N-dealkylation sites (tertiary alicyclic amines) is 1. The van der Waals surface area contributed by atoms with Crippen LogP contribution in [0.25, 0.3) is 0 Å². The van der Waals surface area contributed by atoms with Crippen LogP contribution >= 0.6 is 0 Å². The van der Waals surface area contributed by atoms with Crippen molar-refractivity contribution in [1.82, 2.24) is 10.2 Å². The number of nitrogens with zero attached hydrogens (tertiary/aromatic N) is 2. The number of amides is 1. The molecule has 0 aromatic heterocycles. The van der Waals surface area contributed by atoms with Gasteiger partial charge in [0, 0.05) is 31.2 Å². The van der Waals surface area contributed by atoms with Crippen LogP contribution in [-0.2, 0) is 11.3 Å². The summed E-state index contributed by atoms with van der Waals surface area (Å²) in [5.74, 6) is 1.15. The molecule has 0 radical (unpaired) electrons. The van der Waals surface area contributed by atoms with Crippen LogP contribution in [0.15, 0.2) is 29.3 Å². The molecule has 6 heteroatoms. The number of aliphatic hydroxyl groups is 1. The predicted octanol–water partition coefficient (Wildman–Crippen LogP) is 1.96. The summed E-state index contributed by atoms with van der Waals surface area (Å²) in [6, 6.07) is 7.88. The van der Waals surface area contributed by atoms with Crippen LogP contribution in [0.4, 0.5) is 5.69 Å². The summed E-state index contributed by atoms with van der Waals surface area (Å²) in [5, 5.41) is 16.0. The van der Waals surface area contributed by atoms with Crippen LogP contribution in [-0.4, -0.2) is 47.6 Å². The van der Waals surface area contributed by atoms with Crippen LogP contribution in [0.5, 0.6) is 0 Å². The highest BCUT2D eigenvalue weighted by Crippen LogP contribution is 2.27. The van der Waals surface area contributed by atoms with Gasteiger partial charge in [0.15, 0.2) is 5.96 Å². The third kappa shape index (κ3) is 4.72. The van der Waals surface area contributed by atoms with Crippen molar-refractivity contribution >= 4 is 17.6 Å². The molecule has 1 saturated heterocycles. The van der Waals surface area contributed by atoms with E-state index < -0.39 is 0 Å². The monoisotopic (exact) mass is 344 g/mol. The van der Waals surface area contributed by atoms with E-state index >= 15 is 0 Å². The molecule has 6 nitrogen and oxygen atoms in total. The highest BCUT2D eigenvalue weighted by Gasteiger charge is 2.25. The van der Waals surface area contributed by atoms with E-state index in [4.69, 9.17) is 4.99 Å². The Kier molecular flexibility index (Phi) is 5.91. The normalized spacial score (nSPS) is 21.1. The fourth-order valence-corrected chi connectivity index (χ4v) is 3.19. The van der Waals surface area contributed by atoms with E-state index in [9.17, 15) is 9.90 Å². The van der Waals surface area contributed by atoms with Gasteiger partial charge in [0.25, 0.3) is 0 Å². The van der Waals surface area contributed by atoms with Gasteiger partial charge in [-0.15, -0.1) is 0 Å². The number of aliphatic imine (C=N–C) groups is 1. The largest absolute Gasteiger partial charge is 0.391 e. The lowest BCUT2D eigenvalue weighted by molar-refractivity contribution is -0.122.